The molecule has 1 N–H and O–H groups in total. The average Bonchev–Trinajstić information content (AvgIpc) is 2.42. The van der Waals surface area contributed by atoms with Crippen LogP contribution in [0, 0.1) is 13.8 Å². The fourth-order valence-corrected chi connectivity index (χ4v) is 3.04. The number of β-amino-alcohol motifs (C(OH)–C–C–N with tert-alkyl or cyclic N) is 1. The predicted molar refractivity (Wildman–Crippen MR) is 80.1 cm³/mol. The Hall–Kier alpha value is -1.53. The molecule has 0 aliphatic carbocycles. The van der Waals surface area contributed by atoms with Crippen LogP contribution >= 0.6 is 0 Å². The minimum absolute atomic E-state index is 0.00477. The second kappa shape index (κ2) is 6.49. The largest absolute Gasteiger partial charge is 0.395 e. The number of rotatable bonds is 3. The highest BCUT2D eigenvalue weighted by atomic mass is 16.3. The first-order valence-electron chi connectivity index (χ1n) is 7.40. The molecule has 1 aliphatic heterocycles. The molecule has 6 nitrogen and oxygen atoms in total. The van der Waals surface area contributed by atoms with Crippen LogP contribution in [-0.4, -0.2) is 69.1 Å². The molecule has 2 heterocycles. The van der Waals surface area contributed by atoms with Gasteiger partial charge in [0.05, 0.1) is 17.9 Å². The van der Waals surface area contributed by atoms with Crippen molar-refractivity contribution in [3.05, 3.63) is 23.3 Å². The molecule has 1 aromatic heterocycles. The normalized spacial score (nSPS) is 23.4. The molecule has 1 saturated heterocycles. The number of hydrogen-bond donors (Lipinski definition) is 1. The van der Waals surface area contributed by atoms with Crippen LogP contribution in [0.5, 0.6) is 0 Å². The summed E-state index contributed by atoms with van der Waals surface area (Å²) < 4.78 is 0. The van der Waals surface area contributed by atoms with Crippen LogP contribution in [-0.2, 0) is 0 Å². The zero-order chi connectivity index (χ0) is 15.6. The molecule has 21 heavy (non-hydrogen) atoms. The number of carbonyl (C=O) groups is 1. The molecule has 2 rings (SSSR count). The minimum Gasteiger partial charge on any atom is -0.395 e. The SMILES string of the molecule is Cc1ncc(C(=O)N2C[C@@H](C)N(CCO)[C@@H](C)C2)c(C)n1. The van der Waals surface area contributed by atoms with E-state index in [4.69, 9.17) is 5.11 Å². The average molecular weight is 292 g/mol. The van der Waals surface area contributed by atoms with Crippen LogP contribution in [0.15, 0.2) is 6.20 Å². The fourth-order valence-electron chi connectivity index (χ4n) is 3.04. The molecule has 0 aromatic carbocycles. The van der Waals surface area contributed by atoms with Crippen LogP contribution in [0.25, 0.3) is 0 Å². The van der Waals surface area contributed by atoms with Gasteiger partial charge in [0.1, 0.15) is 5.82 Å². The van der Waals surface area contributed by atoms with Crippen LogP contribution in [0.1, 0.15) is 35.7 Å². The highest BCUT2D eigenvalue weighted by Crippen LogP contribution is 2.18. The van der Waals surface area contributed by atoms with E-state index in [0.29, 0.717) is 31.0 Å². The summed E-state index contributed by atoms with van der Waals surface area (Å²) in [6.45, 7) is 9.96. The van der Waals surface area contributed by atoms with Gasteiger partial charge in [-0.15, -0.1) is 0 Å². The third-order valence-electron chi connectivity index (χ3n) is 4.08. The number of aromatic nitrogens is 2. The number of nitrogens with zero attached hydrogens (tertiary/aromatic N) is 4. The van der Waals surface area contributed by atoms with Gasteiger partial charge in [0, 0.05) is 37.9 Å². The topological polar surface area (TPSA) is 69.6 Å². The van der Waals surface area contributed by atoms with Crippen molar-refractivity contribution >= 4 is 5.91 Å². The zero-order valence-electron chi connectivity index (χ0n) is 13.2. The molecule has 2 atom stereocenters. The first kappa shape index (κ1) is 15.9. The summed E-state index contributed by atoms with van der Waals surface area (Å²) in [5, 5.41) is 9.13. The van der Waals surface area contributed by atoms with E-state index in [2.05, 4.69) is 28.7 Å². The first-order chi connectivity index (χ1) is 9.93. The monoisotopic (exact) mass is 292 g/mol. The Morgan fingerprint density at radius 2 is 1.95 bits per heavy atom. The maximum atomic E-state index is 12.7. The van der Waals surface area contributed by atoms with E-state index in [1.54, 1.807) is 6.20 Å². The van der Waals surface area contributed by atoms with E-state index in [-0.39, 0.29) is 24.6 Å². The molecular formula is C15H24N4O2. The van der Waals surface area contributed by atoms with E-state index < -0.39 is 0 Å². The molecule has 1 fully saturated rings. The van der Waals surface area contributed by atoms with Gasteiger partial charge in [-0.2, -0.15) is 0 Å². The smallest absolute Gasteiger partial charge is 0.257 e. The molecule has 0 saturated carbocycles. The third-order valence-corrected chi connectivity index (χ3v) is 4.08. The van der Waals surface area contributed by atoms with Gasteiger partial charge in [-0.05, 0) is 27.7 Å². The van der Waals surface area contributed by atoms with Gasteiger partial charge in [0.25, 0.3) is 5.91 Å². The lowest BCUT2D eigenvalue weighted by Crippen LogP contribution is -2.58. The van der Waals surface area contributed by atoms with E-state index in [0.717, 1.165) is 5.69 Å². The van der Waals surface area contributed by atoms with Gasteiger partial charge >= 0.3 is 0 Å². The number of amides is 1. The van der Waals surface area contributed by atoms with Crippen molar-refractivity contribution in [2.45, 2.75) is 39.8 Å². The van der Waals surface area contributed by atoms with Crippen LogP contribution in [0.2, 0.25) is 0 Å². The van der Waals surface area contributed by atoms with Crippen LogP contribution in [0.3, 0.4) is 0 Å². The second-order valence-electron chi connectivity index (χ2n) is 5.79. The Balaban J connectivity index is 2.14. The Bertz CT molecular complexity index is 508. The summed E-state index contributed by atoms with van der Waals surface area (Å²) in [5.41, 5.74) is 1.31. The van der Waals surface area contributed by atoms with Gasteiger partial charge in [-0.3, -0.25) is 9.69 Å². The van der Waals surface area contributed by atoms with Crippen molar-refractivity contribution in [2.24, 2.45) is 0 Å². The summed E-state index contributed by atoms with van der Waals surface area (Å²) in [5.74, 6) is 0.674. The third kappa shape index (κ3) is 3.39. The van der Waals surface area contributed by atoms with Crippen molar-refractivity contribution in [2.75, 3.05) is 26.2 Å². The standard InChI is InChI=1S/C15H24N4O2/c1-10-8-18(9-11(2)19(10)5-6-20)15(21)14-7-16-13(4)17-12(14)3/h7,10-11,20H,5-6,8-9H2,1-4H3/t10-,11+. The van der Waals surface area contributed by atoms with Gasteiger partial charge in [-0.25, -0.2) is 9.97 Å². The molecule has 0 spiro atoms. The lowest BCUT2D eigenvalue weighted by molar-refractivity contribution is 0.0235. The number of piperazine rings is 1. The van der Waals surface area contributed by atoms with Gasteiger partial charge < -0.3 is 10.0 Å². The van der Waals surface area contributed by atoms with Crippen molar-refractivity contribution in [1.82, 2.24) is 19.8 Å². The second-order valence-corrected chi connectivity index (χ2v) is 5.79. The Kier molecular flexibility index (Phi) is 4.90. The van der Waals surface area contributed by atoms with Crippen molar-refractivity contribution in [3.8, 4) is 0 Å². The highest BCUT2D eigenvalue weighted by molar-refractivity contribution is 5.95. The lowest BCUT2D eigenvalue weighted by atomic mass is 10.1. The number of carbonyl (C=O) groups excluding carboxylic acids is 1. The van der Waals surface area contributed by atoms with Gasteiger partial charge in [0.2, 0.25) is 0 Å². The first-order valence-corrected chi connectivity index (χ1v) is 7.40. The quantitative estimate of drug-likeness (QED) is 0.884. The molecule has 1 amide bonds. The lowest BCUT2D eigenvalue weighted by Gasteiger charge is -2.44. The molecule has 116 valence electrons. The van der Waals surface area contributed by atoms with Gasteiger partial charge in [-0.1, -0.05) is 0 Å². The van der Waals surface area contributed by atoms with Crippen LogP contribution < -0.4 is 0 Å². The van der Waals surface area contributed by atoms with Crippen molar-refractivity contribution in [1.29, 1.82) is 0 Å². The Labute approximate surface area is 125 Å². The molecule has 0 unspecified atom stereocenters. The summed E-state index contributed by atoms with van der Waals surface area (Å²) in [6, 6.07) is 0.466. The molecule has 0 radical (unpaired) electrons. The van der Waals surface area contributed by atoms with Crippen molar-refractivity contribution in [3.63, 3.8) is 0 Å². The number of aliphatic hydroxyl groups excluding tert-OH is 1. The maximum absolute atomic E-state index is 12.7. The summed E-state index contributed by atoms with van der Waals surface area (Å²) in [7, 11) is 0. The van der Waals surface area contributed by atoms with Crippen molar-refractivity contribution < 1.29 is 9.90 Å². The number of hydrogen-bond acceptors (Lipinski definition) is 5. The summed E-state index contributed by atoms with van der Waals surface area (Å²) in [6.07, 6.45) is 1.62. The van der Waals surface area contributed by atoms with Gasteiger partial charge in [0.15, 0.2) is 0 Å². The Morgan fingerprint density at radius 1 is 1.33 bits per heavy atom. The highest BCUT2D eigenvalue weighted by Gasteiger charge is 2.32. The summed E-state index contributed by atoms with van der Waals surface area (Å²) in [4.78, 5) is 25.2. The minimum atomic E-state index is -0.00477. The molecule has 1 aromatic rings. The number of aryl methyl sites for hydroxylation is 2. The fraction of sp³-hybridized carbons (Fsp3) is 0.667. The predicted octanol–water partition coefficient (Wildman–Crippen LogP) is 0.621. The Morgan fingerprint density at radius 3 is 2.48 bits per heavy atom. The van der Waals surface area contributed by atoms with E-state index in [1.165, 1.54) is 0 Å². The van der Waals surface area contributed by atoms with E-state index >= 15 is 0 Å². The van der Waals surface area contributed by atoms with E-state index in [9.17, 15) is 4.79 Å². The van der Waals surface area contributed by atoms with E-state index in [1.807, 2.05) is 18.7 Å². The zero-order valence-corrected chi connectivity index (χ0v) is 13.2. The summed E-state index contributed by atoms with van der Waals surface area (Å²) >= 11 is 0. The molecule has 0 bridgehead atoms. The van der Waals surface area contributed by atoms with Crippen LogP contribution in [0.4, 0.5) is 0 Å². The molecule has 1 aliphatic rings. The molecule has 6 heteroatoms. The maximum Gasteiger partial charge on any atom is 0.257 e. The molecular weight excluding hydrogens is 268 g/mol. The number of aliphatic hydroxyl groups is 1.